The summed E-state index contributed by atoms with van der Waals surface area (Å²) in [6.07, 6.45) is 4.83. The van der Waals surface area contributed by atoms with Gasteiger partial charge >= 0.3 is 5.69 Å². The maximum atomic E-state index is 13.8. The van der Waals surface area contributed by atoms with E-state index in [2.05, 4.69) is 4.98 Å². The quantitative estimate of drug-likeness (QED) is 0.462. The zero-order valence-electron chi connectivity index (χ0n) is 18.0. The van der Waals surface area contributed by atoms with Gasteiger partial charge in [0.25, 0.3) is 5.56 Å². The van der Waals surface area contributed by atoms with Gasteiger partial charge < -0.3 is 9.30 Å². The molecule has 7 nitrogen and oxygen atoms in total. The van der Waals surface area contributed by atoms with Gasteiger partial charge in [0.1, 0.15) is 5.75 Å². The molecule has 4 aromatic rings. The van der Waals surface area contributed by atoms with E-state index >= 15 is 0 Å². The smallest absolute Gasteiger partial charge is 0.337 e. The van der Waals surface area contributed by atoms with Gasteiger partial charge in [0.05, 0.1) is 19.1 Å². The summed E-state index contributed by atoms with van der Waals surface area (Å²) in [6, 6.07) is 10.4. The Hall–Kier alpha value is -3.75. The van der Waals surface area contributed by atoms with Crippen molar-refractivity contribution in [1.29, 1.82) is 0 Å². The molecule has 0 atom stereocenters. The van der Waals surface area contributed by atoms with E-state index in [1.165, 1.54) is 28.6 Å². The molecule has 0 amide bonds. The van der Waals surface area contributed by atoms with Crippen molar-refractivity contribution >= 4 is 11.2 Å². The van der Waals surface area contributed by atoms with E-state index in [1.807, 2.05) is 0 Å². The summed E-state index contributed by atoms with van der Waals surface area (Å²) in [5.74, 6) is -1.34. The van der Waals surface area contributed by atoms with Crippen molar-refractivity contribution in [2.75, 3.05) is 7.11 Å². The van der Waals surface area contributed by atoms with Crippen LogP contribution in [0.15, 0.2) is 58.4 Å². The second-order valence-corrected chi connectivity index (χ2v) is 8.23. The number of imidazole rings is 1. The summed E-state index contributed by atoms with van der Waals surface area (Å²) in [7, 11) is 1.54. The molecule has 2 aromatic heterocycles. The molecule has 5 rings (SSSR count). The lowest BCUT2D eigenvalue weighted by Crippen LogP contribution is -2.41. The maximum Gasteiger partial charge on any atom is 0.337 e. The number of hydrogen-bond donors (Lipinski definition) is 0. The molecule has 0 spiro atoms. The molecule has 0 bridgehead atoms. The number of ether oxygens (including phenoxy) is 1. The lowest BCUT2D eigenvalue weighted by Gasteiger charge is -2.17. The van der Waals surface area contributed by atoms with Crippen molar-refractivity contribution in [1.82, 2.24) is 18.7 Å². The van der Waals surface area contributed by atoms with Crippen LogP contribution in [0.4, 0.5) is 8.78 Å². The number of halogens is 2. The largest absolute Gasteiger partial charge is 0.497 e. The summed E-state index contributed by atoms with van der Waals surface area (Å²) in [5, 5.41) is 0. The zero-order valence-corrected chi connectivity index (χ0v) is 18.0. The van der Waals surface area contributed by atoms with Crippen LogP contribution in [0, 0.1) is 11.6 Å². The molecule has 0 saturated heterocycles. The Labute approximate surface area is 187 Å². The summed E-state index contributed by atoms with van der Waals surface area (Å²) in [5.41, 5.74) is 0.546. The van der Waals surface area contributed by atoms with Gasteiger partial charge in [-0.3, -0.25) is 9.36 Å². The van der Waals surface area contributed by atoms with Crippen molar-refractivity contribution < 1.29 is 13.5 Å². The van der Waals surface area contributed by atoms with Crippen LogP contribution in [0.3, 0.4) is 0 Å². The first kappa shape index (κ1) is 21.1. The molecule has 1 fully saturated rings. The fraction of sp³-hybridized carbons (Fsp3) is 0.292. The molecule has 33 heavy (non-hydrogen) atoms. The summed E-state index contributed by atoms with van der Waals surface area (Å²) in [4.78, 5) is 31.5. The van der Waals surface area contributed by atoms with Gasteiger partial charge in [-0.2, -0.15) is 0 Å². The van der Waals surface area contributed by atoms with Gasteiger partial charge in [0, 0.05) is 18.7 Å². The average Bonchev–Trinajstić information content (AvgIpc) is 3.47. The van der Waals surface area contributed by atoms with Crippen LogP contribution in [0.2, 0.25) is 0 Å². The second kappa shape index (κ2) is 8.31. The third-order valence-corrected chi connectivity index (χ3v) is 6.19. The molecule has 1 aliphatic carbocycles. The number of benzene rings is 2. The number of hydrogen-bond acceptors (Lipinski definition) is 4. The van der Waals surface area contributed by atoms with Crippen LogP contribution in [0.1, 0.15) is 37.3 Å². The van der Waals surface area contributed by atoms with E-state index in [9.17, 15) is 18.4 Å². The van der Waals surface area contributed by atoms with Crippen LogP contribution in [-0.4, -0.2) is 25.8 Å². The standard InChI is InChI=1S/C24H22F2N4O3/c1-33-18-8-4-7-17(12-18)29-22-21(23(31)30(24(29)32)16-5-2-3-6-16)28(14-27-22)13-15-9-10-19(25)20(26)11-15/h4,7-12,14,16H,2-3,5-6,13H2,1H3. The van der Waals surface area contributed by atoms with E-state index in [1.54, 1.807) is 28.8 Å². The Morgan fingerprint density at radius 2 is 1.85 bits per heavy atom. The second-order valence-electron chi connectivity index (χ2n) is 8.23. The van der Waals surface area contributed by atoms with Gasteiger partial charge in [-0.05, 0) is 42.7 Å². The van der Waals surface area contributed by atoms with Gasteiger partial charge in [0.2, 0.25) is 0 Å². The Bertz CT molecular complexity index is 1470. The molecule has 0 aliphatic heterocycles. The molecule has 0 N–H and O–H groups in total. The molecule has 0 radical (unpaired) electrons. The maximum absolute atomic E-state index is 13.8. The number of rotatable bonds is 5. The Balaban J connectivity index is 1.76. The average molecular weight is 452 g/mol. The Morgan fingerprint density at radius 1 is 1.06 bits per heavy atom. The lowest BCUT2D eigenvalue weighted by atomic mass is 10.2. The van der Waals surface area contributed by atoms with E-state index in [-0.39, 0.29) is 23.8 Å². The topological polar surface area (TPSA) is 71.1 Å². The first-order chi connectivity index (χ1) is 16.0. The van der Waals surface area contributed by atoms with Crippen molar-refractivity contribution in [3.63, 3.8) is 0 Å². The minimum absolute atomic E-state index is 0.101. The minimum atomic E-state index is -0.964. The molecule has 2 heterocycles. The van der Waals surface area contributed by atoms with Crippen molar-refractivity contribution in [2.24, 2.45) is 0 Å². The van der Waals surface area contributed by atoms with Gasteiger partial charge in [-0.25, -0.2) is 23.1 Å². The van der Waals surface area contributed by atoms with E-state index in [0.29, 0.717) is 17.0 Å². The van der Waals surface area contributed by atoms with Crippen LogP contribution in [0.25, 0.3) is 16.9 Å². The molecule has 9 heteroatoms. The van der Waals surface area contributed by atoms with Crippen LogP contribution < -0.4 is 16.0 Å². The Morgan fingerprint density at radius 3 is 2.58 bits per heavy atom. The van der Waals surface area contributed by atoms with Crippen molar-refractivity contribution in [3.8, 4) is 11.4 Å². The predicted octanol–water partition coefficient (Wildman–Crippen LogP) is 3.80. The summed E-state index contributed by atoms with van der Waals surface area (Å²) < 4.78 is 36.7. The van der Waals surface area contributed by atoms with Crippen LogP contribution in [0.5, 0.6) is 5.75 Å². The summed E-state index contributed by atoms with van der Waals surface area (Å²) in [6.45, 7) is 0.101. The number of nitrogens with zero attached hydrogens (tertiary/aromatic N) is 4. The van der Waals surface area contributed by atoms with E-state index in [4.69, 9.17) is 4.74 Å². The number of aromatic nitrogens is 4. The van der Waals surface area contributed by atoms with Crippen LogP contribution in [-0.2, 0) is 6.54 Å². The first-order valence-corrected chi connectivity index (χ1v) is 10.8. The molecule has 170 valence electrons. The molecule has 1 aliphatic rings. The van der Waals surface area contributed by atoms with Gasteiger partial charge in [-0.1, -0.05) is 25.0 Å². The normalized spacial score (nSPS) is 14.3. The lowest BCUT2D eigenvalue weighted by molar-refractivity contribution is 0.414. The zero-order chi connectivity index (χ0) is 23.1. The monoisotopic (exact) mass is 452 g/mol. The molecule has 0 unspecified atom stereocenters. The number of methoxy groups -OCH3 is 1. The highest BCUT2D eigenvalue weighted by Gasteiger charge is 2.26. The summed E-state index contributed by atoms with van der Waals surface area (Å²) >= 11 is 0. The fourth-order valence-electron chi connectivity index (χ4n) is 4.57. The van der Waals surface area contributed by atoms with Crippen LogP contribution >= 0.6 is 0 Å². The fourth-order valence-corrected chi connectivity index (χ4v) is 4.57. The molecular weight excluding hydrogens is 430 g/mol. The molecular formula is C24H22F2N4O3. The van der Waals surface area contributed by atoms with E-state index in [0.717, 1.165) is 37.8 Å². The van der Waals surface area contributed by atoms with Crippen molar-refractivity contribution in [3.05, 3.63) is 86.8 Å². The van der Waals surface area contributed by atoms with Gasteiger partial charge in [0.15, 0.2) is 22.8 Å². The highest BCUT2D eigenvalue weighted by Crippen LogP contribution is 2.28. The van der Waals surface area contributed by atoms with Gasteiger partial charge in [-0.15, -0.1) is 0 Å². The highest BCUT2D eigenvalue weighted by molar-refractivity contribution is 5.72. The SMILES string of the molecule is COc1cccc(-n2c(=O)n(C3CCCC3)c(=O)c3c2ncn3Cc2ccc(F)c(F)c2)c1. The molecule has 2 aromatic carbocycles. The molecule has 1 saturated carbocycles. The third kappa shape index (κ3) is 3.63. The third-order valence-electron chi connectivity index (χ3n) is 6.19. The highest BCUT2D eigenvalue weighted by atomic mass is 19.2. The van der Waals surface area contributed by atoms with Crippen molar-refractivity contribution in [2.45, 2.75) is 38.3 Å². The minimum Gasteiger partial charge on any atom is -0.497 e. The predicted molar refractivity (Wildman–Crippen MR) is 119 cm³/mol. The Kier molecular flexibility index (Phi) is 5.32. The number of fused-ring (bicyclic) bond motifs is 1. The van der Waals surface area contributed by atoms with E-state index < -0.39 is 22.9 Å². The first-order valence-electron chi connectivity index (χ1n) is 10.8.